The number of halogens is 1. The van der Waals surface area contributed by atoms with Crippen molar-refractivity contribution in [1.82, 2.24) is 4.31 Å². The zero-order valence-corrected chi connectivity index (χ0v) is 14.1. The number of methoxy groups -OCH3 is 1. The molecule has 0 spiro atoms. The van der Waals surface area contributed by atoms with Gasteiger partial charge in [-0.3, -0.25) is 0 Å². The van der Waals surface area contributed by atoms with Gasteiger partial charge in [0.1, 0.15) is 0 Å². The highest BCUT2D eigenvalue weighted by molar-refractivity contribution is 7.89. The van der Waals surface area contributed by atoms with Crippen molar-refractivity contribution >= 4 is 27.6 Å². The fraction of sp³-hybridized carbons (Fsp3) is 0.500. The monoisotopic (exact) mass is 347 g/mol. The number of sulfonamides is 1. The number of carbonyl (C=O) groups is 1. The van der Waals surface area contributed by atoms with Gasteiger partial charge >= 0.3 is 5.97 Å². The molecule has 0 aliphatic carbocycles. The van der Waals surface area contributed by atoms with Gasteiger partial charge in [0.2, 0.25) is 10.0 Å². The minimum Gasteiger partial charge on any atom is -0.465 e. The van der Waals surface area contributed by atoms with E-state index in [0.717, 1.165) is 0 Å². The van der Waals surface area contributed by atoms with Crippen LogP contribution in [0, 0.1) is 0 Å². The van der Waals surface area contributed by atoms with Gasteiger partial charge in [-0.25, -0.2) is 13.2 Å². The molecule has 1 aliphatic rings. The molecule has 2 rings (SSSR count). The summed E-state index contributed by atoms with van der Waals surface area (Å²) in [5, 5.41) is 0.236. The van der Waals surface area contributed by atoms with E-state index < -0.39 is 16.0 Å². The van der Waals surface area contributed by atoms with Gasteiger partial charge in [0.15, 0.2) is 0 Å². The SMILES string of the molecule is COC(=O)c1ccc(Cl)cc1S(=O)(=O)N1C[C@@H](C)OC[C@@H]1C. The predicted octanol–water partition coefficient (Wildman–Crippen LogP) is 1.92. The Hall–Kier alpha value is -1.15. The van der Waals surface area contributed by atoms with Crippen molar-refractivity contribution in [3.63, 3.8) is 0 Å². The summed E-state index contributed by atoms with van der Waals surface area (Å²) in [7, 11) is -2.68. The van der Waals surface area contributed by atoms with Crippen molar-refractivity contribution < 1.29 is 22.7 Å². The molecule has 122 valence electrons. The highest BCUT2D eigenvalue weighted by atomic mass is 35.5. The lowest BCUT2D eigenvalue weighted by molar-refractivity contribution is -0.0170. The van der Waals surface area contributed by atoms with Crippen LogP contribution in [0.3, 0.4) is 0 Å². The lowest BCUT2D eigenvalue weighted by Crippen LogP contribution is -2.50. The zero-order chi connectivity index (χ0) is 16.5. The van der Waals surface area contributed by atoms with Gasteiger partial charge in [0.25, 0.3) is 0 Å². The minimum atomic E-state index is -3.88. The second-order valence-corrected chi connectivity index (χ2v) is 7.50. The third-order valence-corrected chi connectivity index (χ3v) is 5.74. The topological polar surface area (TPSA) is 72.9 Å². The summed E-state index contributed by atoms with van der Waals surface area (Å²) < 4.78 is 37.3. The van der Waals surface area contributed by atoms with Gasteiger partial charge in [0, 0.05) is 17.6 Å². The van der Waals surface area contributed by atoms with E-state index in [9.17, 15) is 13.2 Å². The van der Waals surface area contributed by atoms with Crippen molar-refractivity contribution in [2.75, 3.05) is 20.3 Å². The molecule has 1 saturated heterocycles. The molecule has 1 aromatic carbocycles. The number of esters is 1. The third-order valence-electron chi connectivity index (χ3n) is 3.49. The molecular formula is C14H18ClNO5S. The standard InChI is InChI=1S/C14H18ClNO5S/c1-9-8-21-10(2)7-16(9)22(18,19)13-6-11(15)4-5-12(13)14(17)20-3/h4-6,9-10H,7-8H2,1-3H3/t9-,10+/m0/s1. The second-order valence-electron chi connectivity index (χ2n) is 5.20. The van der Waals surface area contributed by atoms with E-state index in [-0.39, 0.29) is 34.2 Å². The molecule has 1 fully saturated rings. The average Bonchev–Trinajstić information content (AvgIpc) is 2.48. The second kappa shape index (κ2) is 6.54. The average molecular weight is 348 g/mol. The number of ether oxygens (including phenoxy) is 2. The minimum absolute atomic E-state index is 0.0294. The number of morpholine rings is 1. The zero-order valence-electron chi connectivity index (χ0n) is 12.6. The summed E-state index contributed by atoms with van der Waals surface area (Å²) in [6, 6.07) is 3.76. The van der Waals surface area contributed by atoms with Gasteiger partial charge in [-0.15, -0.1) is 0 Å². The number of rotatable bonds is 3. The van der Waals surface area contributed by atoms with Crippen LogP contribution in [-0.2, 0) is 19.5 Å². The molecule has 6 nitrogen and oxygen atoms in total. The maximum absolute atomic E-state index is 12.9. The molecule has 0 amide bonds. The molecule has 22 heavy (non-hydrogen) atoms. The highest BCUT2D eigenvalue weighted by Gasteiger charge is 2.36. The Morgan fingerprint density at radius 2 is 2.09 bits per heavy atom. The summed E-state index contributed by atoms with van der Waals surface area (Å²) in [6.07, 6.45) is -0.216. The van der Waals surface area contributed by atoms with Crippen LogP contribution in [0.1, 0.15) is 24.2 Å². The number of hydrogen-bond donors (Lipinski definition) is 0. The first-order valence-electron chi connectivity index (χ1n) is 6.78. The molecule has 1 aliphatic heterocycles. The van der Waals surface area contributed by atoms with E-state index in [2.05, 4.69) is 4.74 Å². The predicted molar refractivity (Wildman–Crippen MR) is 81.6 cm³/mol. The van der Waals surface area contributed by atoms with Crippen molar-refractivity contribution in [2.45, 2.75) is 30.9 Å². The molecule has 0 unspecified atom stereocenters. The van der Waals surface area contributed by atoms with Crippen LogP contribution in [0.25, 0.3) is 0 Å². The summed E-state index contributed by atoms with van der Waals surface area (Å²) in [6.45, 7) is 4.07. The van der Waals surface area contributed by atoms with Gasteiger partial charge in [-0.05, 0) is 32.0 Å². The Morgan fingerprint density at radius 3 is 2.73 bits per heavy atom. The largest absolute Gasteiger partial charge is 0.465 e. The summed E-state index contributed by atoms with van der Waals surface area (Å²) in [5.74, 6) is -0.718. The molecular weight excluding hydrogens is 330 g/mol. The number of nitrogens with zero attached hydrogens (tertiary/aromatic N) is 1. The maximum atomic E-state index is 12.9. The first-order valence-corrected chi connectivity index (χ1v) is 8.60. The Balaban J connectivity index is 2.53. The van der Waals surface area contributed by atoms with Crippen molar-refractivity contribution in [1.29, 1.82) is 0 Å². The molecule has 0 N–H and O–H groups in total. The number of carbonyl (C=O) groups excluding carboxylic acids is 1. The van der Waals surface area contributed by atoms with Gasteiger partial charge < -0.3 is 9.47 Å². The van der Waals surface area contributed by atoms with Crippen LogP contribution in [0.2, 0.25) is 5.02 Å². The molecule has 0 bridgehead atoms. The molecule has 2 atom stereocenters. The van der Waals surface area contributed by atoms with Crippen LogP contribution in [0.5, 0.6) is 0 Å². The Bertz CT molecular complexity index is 676. The Morgan fingerprint density at radius 1 is 1.41 bits per heavy atom. The smallest absolute Gasteiger partial charge is 0.339 e. The molecule has 1 heterocycles. The quantitative estimate of drug-likeness (QED) is 0.781. The first-order chi connectivity index (χ1) is 10.3. The van der Waals surface area contributed by atoms with Crippen LogP contribution < -0.4 is 0 Å². The van der Waals surface area contributed by atoms with Crippen molar-refractivity contribution in [3.8, 4) is 0 Å². The van der Waals surface area contributed by atoms with Crippen LogP contribution in [0.15, 0.2) is 23.1 Å². The van der Waals surface area contributed by atoms with E-state index in [1.165, 1.54) is 29.6 Å². The summed E-state index contributed by atoms with van der Waals surface area (Å²) in [5.41, 5.74) is -0.0294. The molecule has 0 saturated carbocycles. The fourth-order valence-electron chi connectivity index (χ4n) is 2.32. The van der Waals surface area contributed by atoms with Crippen molar-refractivity contribution in [2.24, 2.45) is 0 Å². The van der Waals surface area contributed by atoms with E-state index in [1.807, 2.05) is 0 Å². The van der Waals surface area contributed by atoms with Crippen molar-refractivity contribution in [3.05, 3.63) is 28.8 Å². The van der Waals surface area contributed by atoms with Gasteiger partial charge in [-0.1, -0.05) is 11.6 Å². The lowest BCUT2D eigenvalue weighted by atomic mass is 10.2. The van der Waals surface area contributed by atoms with Crippen LogP contribution in [0.4, 0.5) is 0 Å². The van der Waals surface area contributed by atoms with E-state index in [4.69, 9.17) is 16.3 Å². The first kappa shape index (κ1) is 17.2. The Kier molecular flexibility index (Phi) is 5.11. The lowest BCUT2D eigenvalue weighted by Gasteiger charge is -2.35. The third kappa shape index (κ3) is 3.27. The fourth-order valence-corrected chi connectivity index (χ4v) is 4.46. The van der Waals surface area contributed by atoms with E-state index >= 15 is 0 Å². The van der Waals surface area contributed by atoms with E-state index in [0.29, 0.717) is 6.61 Å². The van der Waals surface area contributed by atoms with Gasteiger partial charge in [0.05, 0.1) is 30.3 Å². The maximum Gasteiger partial charge on any atom is 0.339 e. The molecule has 8 heteroatoms. The van der Waals surface area contributed by atoms with Crippen LogP contribution >= 0.6 is 11.6 Å². The van der Waals surface area contributed by atoms with Crippen LogP contribution in [-0.4, -0.2) is 51.1 Å². The summed E-state index contributed by atoms with van der Waals surface area (Å²) >= 11 is 5.91. The van der Waals surface area contributed by atoms with Gasteiger partial charge in [-0.2, -0.15) is 4.31 Å². The normalized spacial score (nSPS) is 23.3. The number of benzene rings is 1. The Labute approximate surface area is 135 Å². The summed E-state index contributed by atoms with van der Waals surface area (Å²) in [4.78, 5) is 11.7. The molecule has 0 aromatic heterocycles. The highest BCUT2D eigenvalue weighted by Crippen LogP contribution is 2.28. The molecule has 0 radical (unpaired) electrons. The molecule has 1 aromatic rings. The number of hydrogen-bond acceptors (Lipinski definition) is 5. The van der Waals surface area contributed by atoms with E-state index in [1.54, 1.807) is 13.8 Å².